The first-order valence-electron chi connectivity index (χ1n) is 7.27. The summed E-state index contributed by atoms with van der Waals surface area (Å²) in [4.78, 5) is 0. The minimum atomic E-state index is 0.268. The third kappa shape index (κ3) is 6.08. The number of rotatable bonds is 9. The summed E-state index contributed by atoms with van der Waals surface area (Å²) in [5, 5.41) is 12.4. The van der Waals surface area contributed by atoms with Crippen molar-refractivity contribution in [2.45, 2.75) is 52.1 Å². The molecule has 1 aromatic rings. The van der Waals surface area contributed by atoms with Crippen molar-refractivity contribution in [3.05, 3.63) is 29.8 Å². The van der Waals surface area contributed by atoms with Gasteiger partial charge in [-0.2, -0.15) is 0 Å². The molecule has 0 aliphatic rings. The zero-order valence-electron chi connectivity index (χ0n) is 12.4. The Balaban J connectivity index is 2.45. The molecule has 3 nitrogen and oxygen atoms in total. The molecular weight excluding hydrogens is 238 g/mol. The average Bonchev–Trinajstić information content (AvgIpc) is 2.43. The van der Waals surface area contributed by atoms with Crippen LogP contribution in [0.2, 0.25) is 0 Å². The van der Waals surface area contributed by atoms with Crippen LogP contribution in [0.3, 0.4) is 0 Å². The quantitative estimate of drug-likeness (QED) is 0.720. The number of aliphatic hydroxyl groups is 1. The molecular formula is C16H27NO2. The maximum absolute atomic E-state index is 8.83. The first kappa shape index (κ1) is 16.0. The smallest absolute Gasteiger partial charge is 0.119 e. The van der Waals surface area contributed by atoms with Gasteiger partial charge in [0.25, 0.3) is 0 Å². The zero-order valence-corrected chi connectivity index (χ0v) is 12.4. The summed E-state index contributed by atoms with van der Waals surface area (Å²) >= 11 is 0. The molecule has 3 heteroatoms. The van der Waals surface area contributed by atoms with E-state index in [0.29, 0.717) is 12.1 Å². The van der Waals surface area contributed by atoms with Gasteiger partial charge in [-0.1, -0.05) is 19.1 Å². The van der Waals surface area contributed by atoms with Gasteiger partial charge in [-0.15, -0.1) is 0 Å². The molecule has 2 atom stereocenters. The first-order valence-corrected chi connectivity index (χ1v) is 7.27. The molecule has 0 saturated carbocycles. The lowest BCUT2D eigenvalue weighted by molar-refractivity contribution is 0.274. The maximum Gasteiger partial charge on any atom is 0.119 e. The van der Waals surface area contributed by atoms with Crippen molar-refractivity contribution < 1.29 is 9.84 Å². The van der Waals surface area contributed by atoms with E-state index in [9.17, 15) is 0 Å². The molecule has 0 aliphatic heterocycles. The number of aliphatic hydroxyl groups excluding tert-OH is 1. The average molecular weight is 265 g/mol. The Bertz CT molecular complexity index is 337. The van der Waals surface area contributed by atoms with Crippen LogP contribution < -0.4 is 10.1 Å². The van der Waals surface area contributed by atoms with Crippen LogP contribution in [0.4, 0.5) is 0 Å². The van der Waals surface area contributed by atoms with Gasteiger partial charge < -0.3 is 15.2 Å². The van der Waals surface area contributed by atoms with Crippen molar-refractivity contribution in [1.82, 2.24) is 5.32 Å². The van der Waals surface area contributed by atoms with Crippen LogP contribution in [0.15, 0.2) is 24.3 Å². The topological polar surface area (TPSA) is 41.5 Å². The molecule has 1 rings (SSSR count). The van der Waals surface area contributed by atoms with Crippen LogP contribution in [-0.4, -0.2) is 24.4 Å². The van der Waals surface area contributed by atoms with Gasteiger partial charge in [0.05, 0.1) is 6.61 Å². The van der Waals surface area contributed by atoms with Crippen molar-refractivity contribution in [2.24, 2.45) is 0 Å². The minimum Gasteiger partial charge on any atom is -0.494 e. The number of nitrogens with one attached hydrogen (secondary N) is 1. The van der Waals surface area contributed by atoms with Crippen LogP contribution in [0.5, 0.6) is 5.75 Å². The van der Waals surface area contributed by atoms with E-state index in [1.54, 1.807) is 0 Å². The van der Waals surface area contributed by atoms with Gasteiger partial charge in [-0.25, -0.2) is 0 Å². The molecule has 2 N–H and O–H groups in total. The van der Waals surface area contributed by atoms with Crippen molar-refractivity contribution in [3.8, 4) is 5.75 Å². The molecule has 0 spiro atoms. The van der Waals surface area contributed by atoms with Gasteiger partial charge in [-0.05, 0) is 50.8 Å². The van der Waals surface area contributed by atoms with E-state index in [2.05, 4.69) is 38.2 Å². The molecule has 0 heterocycles. The SMILES string of the molecule is CCCOc1ccc(C(C)NC(C)CCCO)cc1. The summed E-state index contributed by atoms with van der Waals surface area (Å²) < 4.78 is 5.58. The molecule has 0 radical (unpaired) electrons. The number of hydrogen-bond donors (Lipinski definition) is 2. The van der Waals surface area contributed by atoms with E-state index in [-0.39, 0.29) is 6.61 Å². The standard InChI is InChI=1S/C16H27NO2/c1-4-12-19-16-9-7-15(8-10-16)14(3)17-13(2)6-5-11-18/h7-10,13-14,17-18H,4-6,11-12H2,1-3H3. The van der Waals surface area contributed by atoms with Crippen LogP contribution in [0.1, 0.15) is 51.6 Å². The fraction of sp³-hybridized carbons (Fsp3) is 0.625. The molecule has 0 aromatic heterocycles. The van der Waals surface area contributed by atoms with Crippen molar-refractivity contribution in [3.63, 3.8) is 0 Å². The monoisotopic (exact) mass is 265 g/mol. The lowest BCUT2D eigenvalue weighted by Crippen LogP contribution is -2.29. The third-order valence-corrected chi connectivity index (χ3v) is 3.18. The van der Waals surface area contributed by atoms with E-state index >= 15 is 0 Å². The number of hydrogen-bond acceptors (Lipinski definition) is 3. The van der Waals surface area contributed by atoms with Crippen molar-refractivity contribution in [2.75, 3.05) is 13.2 Å². The molecule has 0 saturated heterocycles. The molecule has 0 bridgehead atoms. The molecule has 0 fully saturated rings. The molecule has 19 heavy (non-hydrogen) atoms. The van der Waals surface area contributed by atoms with Gasteiger partial charge in [0.1, 0.15) is 5.75 Å². The lowest BCUT2D eigenvalue weighted by Gasteiger charge is -2.20. The van der Waals surface area contributed by atoms with Gasteiger partial charge in [0, 0.05) is 18.7 Å². The highest BCUT2D eigenvalue weighted by Crippen LogP contribution is 2.18. The molecule has 2 unspecified atom stereocenters. The zero-order chi connectivity index (χ0) is 14.1. The van der Waals surface area contributed by atoms with Gasteiger partial charge in [-0.3, -0.25) is 0 Å². The van der Waals surface area contributed by atoms with Crippen molar-refractivity contribution in [1.29, 1.82) is 0 Å². The second-order valence-corrected chi connectivity index (χ2v) is 5.07. The van der Waals surface area contributed by atoms with Gasteiger partial charge >= 0.3 is 0 Å². The van der Waals surface area contributed by atoms with E-state index in [1.807, 2.05) is 12.1 Å². The van der Waals surface area contributed by atoms with Crippen LogP contribution in [0.25, 0.3) is 0 Å². The molecule has 1 aromatic carbocycles. The summed E-state index contributed by atoms with van der Waals surface area (Å²) in [6.45, 7) is 7.46. The summed E-state index contributed by atoms with van der Waals surface area (Å²) in [6, 6.07) is 9.01. The van der Waals surface area contributed by atoms with E-state index in [0.717, 1.165) is 31.6 Å². The van der Waals surface area contributed by atoms with E-state index < -0.39 is 0 Å². The summed E-state index contributed by atoms with van der Waals surface area (Å²) in [6.07, 6.45) is 2.88. The van der Waals surface area contributed by atoms with Crippen LogP contribution in [-0.2, 0) is 0 Å². The fourth-order valence-electron chi connectivity index (χ4n) is 2.08. The Labute approximate surface area is 117 Å². The number of benzene rings is 1. The fourth-order valence-corrected chi connectivity index (χ4v) is 2.08. The predicted octanol–water partition coefficient (Wildman–Crippen LogP) is 3.29. The van der Waals surface area contributed by atoms with Crippen molar-refractivity contribution >= 4 is 0 Å². The number of ether oxygens (including phenoxy) is 1. The predicted molar refractivity (Wildman–Crippen MR) is 79.6 cm³/mol. The Morgan fingerprint density at radius 3 is 2.47 bits per heavy atom. The highest BCUT2D eigenvalue weighted by atomic mass is 16.5. The molecule has 0 amide bonds. The second-order valence-electron chi connectivity index (χ2n) is 5.07. The lowest BCUT2D eigenvalue weighted by atomic mass is 10.1. The highest BCUT2D eigenvalue weighted by Gasteiger charge is 2.09. The summed E-state index contributed by atoms with van der Waals surface area (Å²) in [7, 11) is 0. The van der Waals surface area contributed by atoms with E-state index in [1.165, 1.54) is 5.56 Å². The van der Waals surface area contributed by atoms with Gasteiger partial charge in [0.15, 0.2) is 0 Å². The Hall–Kier alpha value is -1.06. The second kappa shape index (κ2) is 8.94. The molecule has 0 aliphatic carbocycles. The largest absolute Gasteiger partial charge is 0.494 e. The Kier molecular flexibility index (Phi) is 7.53. The molecule has 108 valence electrons. The summed E-state index contributed by atoms with van der Waals surface area (Å²) in [5.74, 6) is 0.936. The maximum atomic E-state index is 8.83. The van der Waals surface area contributed by atoms with Crippen LogP contribution >= 0.6 is 0 Å². The van der Waals surface area contributed by atoms with E-state index in [4.69, 9.17) is 9.84 Å². The van der Waals surface area contributed by atoms with Crippen LogP contribution in [0, 0.1) is 0 Å². The Morgan fingerprint density at radius 2 is 1.89 bits per heavy atom. The first-order chi connectivity index (χ1) is 9.17. The summed E-state index contributed by atoms with van der Waals surface area (Å²) in [5.41, 5.74) is 1.26. The third-order valence-electron chi connectivity index (χ3n) is 3.18. The normalized spacial score (nSPS) is 14.1. The highest BCUT2D eigenvalue weighted by molar-refractivity contribution is 5.29. The minimum absolute atomic E-state index is 0.268. The Morgan fingerprint density at radius 1 is 1.21 bits per heavy atom. The van der Waals surface area contributed by atoms with Gasteiger partial charge in [0.2, 0.25) is 0 Å².